The van der Waals surface area contributed by atoms with Gasteiger partial charge in [-0.25, -0.2) is 4.79 Å². The highest BCUT2D eigenvalue weighted by Crippen LogP contribution is 2.18. The Labute approximate surface area is 176 Å². The van der Waals surface area contributed by atoms with Gasteiger partial charge >= 0.3 is 6.09 Å². The predicted octanol–water partition coefficient (Wildman–Crippen LogP) is 3.15. The summed E-state index contributed by atoms with van der Waals surface area (Å²) in [6.07, 6.45) is 1.50. The average Bonchev–Trinajstić information content (AvgIpc) is 3.05. The lowest BCUT2D eigenvalue weighted by Crippen LogP contribution is -2.47. The molecule has 0 atom stereocenters. The molecule has 0 unspecified atom stereocenters. The number of nitrogens with one attached hydrogen (secondary N) is 1. The van der Waals surface area contributed by atoms with E-state index in [1.54, 1.807) is 11.8 Å². The van der Waals surface area contributed by atoms with E-state index in [1.165, 1.54) is 0 Å². The van der Waals surface area contributed by atoms with Gasteiger partial charge in [-0.2, -0.15) is 0 Å². The van der Waals surface area contributed by atoms with Gasteiger partial charge in [0.1, 0.15) is 18.1 Å². The number of amides is 2. The summed E-state index contributed by atoms with van der Waals surface area (Å²) in [6, 6.07) is 7.59. The second kappa shape index (κ2) is 10.1. The summed E-state index contributed by atoms with van der Waals surface area (Å²) in [5.74, 6) is 1.47. The maximum Gasteiger partial charge on any atom is 0.409 e. The van der Waals surface area contributed by atoms with Crippen LogP contribution in [0.15, 0.2) is 28.8 Å². The van der Waals surface area contributed by atoms with Crippen molar-refractivity contribution in [2.45, 2.75) is 52.7 Å². The summed E-state index contributed by atoms with van der Waals surface area (Å²) in [7, 11) is 0. The second-order valence-corrected chi connectivity index (χ2v) is 7.44. The molecule has 8 heteroatoms. The molecule has 1 aliphatic rings. The predicted molar refractivity (Wildman–Crippen MR) is 110 cm³/mol. The molecule has 1 aromatic heterocycles. The zero-order valence-corrected chi connectivity index (χ0v) is 17.8. The minimum absolute atomic E-state index is 0.0195. The Balaban J connectivity index is 1.42. The van der Waals surface area contributed by atoms with E-state index in [0.717, 1.165) is 41.2 Å². The highest BCUT2D eigenvalue weighted by atomic mass is 16.6. The van der Waals surface area contributed by atoms with Gasteiger partial charge in [0.05, 0.1) is 24.3 Å². The van der Waals surface area contributed by atoms with Crippen LogP contribution < -0.4 is 10.1 Å². The molecule has 0 spiro atoms. The summed E-state index contributed by atoms with van der Waals surface area (Å²) >= 11 is 0. The van der Waals surface area contributed by atoms with Crippen LogP contribution in [-0.2, 0) is 22.6 Å². The number of carbonyl (C=O) groups is 2. The second-order valence-electron chi connectivity index (χ2n) is 7.44. The Morgan fingerprint density at radius 2 is 1.90 bits per heavy atom. The van der Waals surface area contributed by atoms with Crippen molar-refractivity contribution >= 4 is 12.0 Å². The minimum Gasteiger partial charge on any atom is -0.489 e. The van der Waals surface area contributed by atoms with Crippen molar-refractivity contribution in [2.75, 3.05) is 19.7 Å². The monoisotopic (exact) mass is 415 g/mol. The summed E-state index contributed by atoms with van der Waals surface area (Å²) in [5, 5.41) is 6.98. The van der Waals surface area contributed by atoms with Crippen LogP contribution in [0.3, 0.4) is 0 Å². The number of likely N-dealkylation sites (tertiary alicyclic amines) is 1. The van der Waals surface area contributed by atoms with E-state index >= 15 is 0 Å². The Morgan fingerprint density at radius 1 is 1.20 bits per heavy atom. The van der Waals surface area contributed by atoms with Crippen LogP contribution in [0.5, 0.6) is 5.75 Å². The molecule has 8 nitrogen and oxygen atoms in total. The number of hydrogen-bond acceptors (Lipinski definition) is 6. The van der Waals surface area contributed by atoms with E-state index in [1.807, 2.05) is 38.1 Å². The molecule has 0 aliphatic carbocycles. The molecule has 1 fully saturated rings. The standard InChI is InChI=1S/C22H29N3O5/c1-4-28-22(27)25-11-9-18(10-12-25)23-21(26)13-17-5-7-19(8-6-17)29-14-20-15(2)24-30-16(20)3/h5-8,18H,4,9-14H2,1-3H3,(H,23,26). The number of ether oxygens (including phenoxy) is 2. The van der Waals surface area contributed by atoms with Gasteiger partial charge in [0.15, 0.2) is 0 Å². The molecule has 0 bridgehead atoms. The van der Waals surface area contributed by atoms with Crippen LogP contribution in [-0.4, -0.2) is 47.8 Å². The summed E-state index contributed by atoms with van der Waals surface area (Å²) < 4.78 is 16.0. The van der Waals surface area contributed by atoms with Gasteiger partial charge in [-0.15, -0.1) is 0 Å². The molecule has 162 valence electrons. The Hall–Kier alpha value is -3.03. The molecule has 2 heterocycles. The number of piperidine rings is 1. The number of hydrogen-bond donors (Lipinski definition) is 1. The number of aromatic nitrogens is 1. The van der Waals surface area contributed by atoms with Crippen molar-refractivity contribution in [3.63, 3.8) is 0 Å². The fraction of sp³-hybridized carbons (Fsp3) is 0.500. The highest BCUT2D eigenvalue weighted by Gasteiger charge is 2.24. The fourth-order valence-electron chi connectivity index (χ4n) is 3.45. The smallest absolute Gasteiger partial charge is 0.409 e. The molecule has 2 amide bonds. The van der Waals surface area contributed by atoms with Crippen molar-refractivity contribution in [1.82, 2.24) is 15.4 Å². The lowest BCUT2D eigenvalue weighted by molar-refractivity contribution is -0.121. The van der Waals surface area contributed by atoms with E-state index in [9.17, 15) is 9.59 Å². The summed E-state index contributed by atoms with van der Waals surface area (Å²) in [4.78, 5) is 25.8. The number of aryl methyl sites for hydroxylation is 2. The number of carbonyl (C=O) groups excluding carboxylic acids is 2. The number of benzene rings is 1. The third kappa shape index (κ3) is 5.75. The largest absolute Gasteiger partial charge is 0.489 e. The third-order valence-electron chi connectivity index (χ3n) is 5.24. The van der Waals surface area contributed by atoms with Crippen LogP contribution >= 0.6 is 0 Å². The van der Waals surface area contributed by atoms with Crippen LogP contribution in [0.1, 0.15) is 42.3 Å². The molecule has 1 N–H and O–H groups in total. The molecular weight excluding hydrogens is 386 g/mol. The molecule has 3 rings (SSSR count). The zero-order chi connectivity index (χ0) is 21.5. The van der Waals surface area contributed by atoms with Crippen molar-refractivity contribution in [3.05, 3.63) is 46.8 Å². The van der Waals surface area contributed by atoms with Crippen LogP contribution in [0.4, 0.5) is 4.79 Å². The first-order valence-corrected chi connectivity index (χ1v) is 10.3. The van der Waals surface area contributed by atoms with Gasteiger partial charge < -0.3 is 24.2 Å². The minimum atomic E-state index is -0.279. The lowest BCUT2D eigenvalue weighted by atomic mass is 10.0. The van der Waals surface area contributed by atoms with Gasteiger partial charge in [0.2, 0.25) is 5.91 Å². The van der Waals surface area contributed by atoms with E-state index in [4.69, 9.17) is 14.0 Å². The van der Waals surface area contributed by atoms with Gasteiger partial charge in [0.25, 0.3) is 0 Å². The van der Waals surface area contributed by atoms with Crippen LogP contribution in [0.2, 0.25) is 0 Å². The van der Waals surface area contributed by atoms with E-state index in [0.29, 0.717) is 32.7 Å². The molecule has 0 radical (unpaired) electrons. The van der Waals surface area contributed by atoms with E-state index in [2.05, 4.69) is 10.5 Å². The average molecular weight is 415 g/mol. The maximum absolute atomic E-state index is 12.4. The molecule has 1 aromatic carbocycles. The first-order chi connectivity index (χ1) is 14.5. The van der Waals surface area contributed by atoms with Gasteiger partial charge in [0, 0.05) is 19.1 Å². The summed E-state index contributed by atoms with van der Waals surface area (Å²) in [5.41, 5.74) is 2.70. The van der Waals surface area contributed by atoms with Crippen LogP contribution in [0.25, 0.3) is 0 Å². The number of rotatable bonds is 7. The first kappa shape index (κ1) is 21.7. The normalized spacial score (nSPS) is 14.4. The third-order valence-corrected chi connectivity index (χ3v) is 5.24. The first-order valence-electron chi connectivity index (χ1n) is 10.3. The Kier molecular flexibility index (Phi) is 7.32. The number of nitrogens with zero attached hydrogens (tertiary/aromatic N) is 2. The lowest BCUT2D eigenvalue weighted by Gasteiger charge is -2.31. The maximum atomic E-state index is 12.4. The molecule has 2 aromatic rings. The molecule has 1 aliphatic heterocycles. The van der Waals surface area contributed by atoms with Crippen LogP contribution in [0, 0.1) is 13.8 Å². The molecule has 30 heavy (non-hydrogen) atoms. The van der Waals surface area contributed by atoms with Crippen molar-refractivity contribution in [3.8, 4) is 5.75 Å². The highest BCUT2D eigenvalue weighted by molar-refractivity contribution is 5.79. The SMILES string of the molecule is CCOC(=O)N1CCC(NC(=O)Cc2ccc(OCc3c(C)noc3C)cc2)CC1. The quantitative estimate of drug-likeness (QED) is 0.747. The molecule has 0 saturated carbocycles. The van der Waals surface area contributed by atoms with Gasteiger partial charge in [-0.1, -0.05) is 17.3 Å². The van der Waals surface area contributed by atoms with Crippen molar-refractivity contribution < 1.29 is 23.6 Å². The van der Waals surface area contributed by atoms with Crippen molar-refractivity contribution in [1.29, 1.82) is 0 Å². The molecule has 1 saturated heterocycles. The molecular formula is C22H29N3O5. The van der Waals surface area contributed by atoms with Gasteiger partial charge in [-0.3, -0.25) is 4.79 Å². The summed E-state index contributed by atoms with van der Waals surface area (Å²) in [6.45, 7) is 7.51. The van der Waals surface area contributed by atoms with E-state index in [-0.39, 0.29) is 18.0 Å². The Bertz CT molecular complexity index is 835. The fourth-order valence-corrected chi connectivity index (χ4v) is 3.45. The van der Waals surface area contributed by atoms with Crippen molar-refractivity contribution in [2.24, 2.45) is 0 Å². The topological polar surface area (TPSA) is 93.9 Å². The Morgan fingerprint density at radius 3 is 2.50 bits per heavy atom. The zero-order valence-electron chi connectivity index (χ0n) is 17.8. The van der Waals surface area contributed by atoms with E-state index < -0.39 is 0 Å². The van der Waals surface area contributed by atoms with Gasteiger partial charge in [-0.05, 0) is 51.3 Å².